The maximum absolute atomic E-state index is 6.11. The van der Waals surface area contributed by atoms with Crippen LogP contribution in [0.4, 0.5) is 5.82 Å². The highest BCUT2D eigenvalue weighted by molar-refractivity contribution is 6.31. The Balaban J connectivity index is 2.15. The van der Waals surface area contributed by atoms with Crippen molar-refractivity contribution in [3.05, 3.63) is 52.9 Å². The van der Waals surface area contributed by atoms with E-state index < -0.39 is 0 Å². The largest absolute Gasteiger partial charge is 0.354 e. The summed E-state index contributed by atoms with van der Waals surface area (Å²) in [6.45, 7) is 1.44. The summed E-state index contributed by atoms with van der Waals surface area (Å²) >= 11 is 6.11. The van der Waals surface area contributed by atoms with Crippen molar-refractivity contribution in [1.82, 2.24) is 15.3 Å². The molecule has 0 unspecified atom stereocenters. The van der Waals surface area contributed by atoms with Gasteiger partial charge < -0.3 is 10.2 Å². The van der Waals surface area contributed by atoms with Gasteiger partial charge in [-0.05, 0) is 30.8 Å². The van der Waals surface area contributed by atoms with Gasteiger partial charge >= 0.3 is 0 Å². The maximum Gasteiger partial charge on any atom is 0.128 e. The van der Waals surface area contributed by atoms with Crippen LogP contribution >= 0.6 is 11.6 Å². The quantitative estimate of drug-likeness (QED) is 0.911. The molecule has 0 aliphatic rings. The fourth-order valence-electron chi connectivity index (χ4n) is 1.82. The normalized spacial score (nSPS) is 10.5. The lowest BCUT2D eigenvalue weighted by molar-refractivity contribution is 0.809. The molecule has 1 N–H and O–H groups in total. The fraction of sp³-hybridized carbons (Fsp3) is 0.286. The van der Waals surface area contributed by atoms with Crippen LogP contribution in [-0.4, -0.2) is 24.1 Å². The van der Waals surface area contributed by atoms with E-state index in [0.717, 1.165) is 23.6 Å². The third-order valence-electron chi connectivity index (χ3n) is 2.80. The lowest BCUT2D eigenvalue weighted by Gasteiger charge is -2.18. The molecule has 100 valence electrons. The molecule has 0 spiro atoms. The Morgan fingerprint density at radius 1 is 1.32 bits per heavy atom. The van der Waals surface area contributed by atoms with Gasteiger partial charge in [0.25, 0.3) is 0 Å². The number of aromatic nitrogens is 2. The minimum Gasteiger partial charge on any atom is -0.354 e. The zero-order valence-corrected chi connectivity index (χ0v) is 11.9. The van der Waals surface area contributed by atoms with Crippen LogP contribution in [0.2, 0.25) is 5.02 Å². The number of anilines is 1. The topological polar surface area (TPSA) is 41.0 Å². The molecular formula is C14H17ClN4. The van der Waals surface area contributed by atoms with Crippen molar-refractivity contribution in [2.45, 2.75) is 13.1 Å². The number of halogens is 1. The summed E-state index contributed by atoms with van der Waals surface area (Å²) < 4.78 is 0. The minimum absolute atomic E-state index is 0.685. The first-order valence-corrected chi connectivity index (χ1v) is 6.48. The zero-order chi connectivity index (χ0) is 13.7. The molecule has 0 radical (unpaired) electrons. The molecule has 19 heavy (non-hydrogen) atoms. The van der Waals surface area contributed by atoms with Crippen molar-refractivity contribution in [3.63, 3.8) is 0 Å². The summed E-state index contributed by atoms with van der Waals surface area (Å²) in [6.07, 6.45) is 3.49. The molecule has 0 fully saturated rings. The Morgan fingerprint density at radius 2 is 2.16 bits per heavy atom. The Kier molecular flexibility index (Phi) is 4.71. The van der Waals surface area contributed by atoms with Crippen LogP contribution in [0.3, 0.4) is 0 Å². The Bertz CT molecular complexity index is 530. The van der Waals surface area contributed by atoms with Gasteiger partial charge in [0.15, 0.2) is 0 Å². The molecule has 2 heterocycles. The third kappa shape index (κ3) is 3.66. The predicted molar refractivity (Wildman–Crippen MR) is 78.4 cm³/mol. The zero-order valence-electron chi connectivity index (χ0n) is 11.1. The molecule has 2 aromatic heterocycles. The van der Waals surface area contributed by atoms with E-state index in [4.69, 9.17) is 11.6 Å². The monoisotopic (exact) mass is 276 g/mol. The third-order valence-corrected chi connectivity index (χ3v) is 3.14. The fourth-order valence-corrected chi connectivity index (χ4v) is 1.99. The van der Waals surface area contributed by atoms with Crippen molar-refractivity contribution in [2.24, 2.45) is 0 Å². The highest BCUT2D eigenvalue weighted by atomic mass is 35.5. The first-order chi connectivity index (χ1) is 9.20. The van der Waals surface area contributed by atoms with E-state index in [2.05, 4.69) is 20.2 Å². The minimum atomic E-state index is 0.685. The summed E-state index contributed by atoms with van der Waals surface area (Å²) in [5.41, 5.74) is 2.05. The Hall–Kier alpha value is -1.65. The average Bonchev–Trinajstić information content (AvgIpc) is 2.42. The Morgan fingerprint density at radius 3 is 2.84 bits per heavy atom. The highest BCUT2D eigenvalue weighted by Crippen LogP contribution is 2.20. The van der Waals surface area contributed by atoms with Gasteiger partial charge in [0.1, 0.15) is 5.82 Å². The molecular weight excluding hydrogens is 260 g/mol. The second-order valence-corrected chi connectivity index (χ2v) is 4.75. The summed E-state index contributed by atoms with van der Waals surface area (Å²) in [5.74, 6) is 0.889. The van der Waals surface area contributed by atoms with Gasteiger partial charge in [0.05, 0.1) is 17.3 Å². The second kappa shape index (κ2) is 6.50. The highest BCUT2D eigenvalue weighted by Gasteiger charge is 2.07. The maximum atomic E-state index is 6.11. The molecule has 0 aromatic carbocycles. The van der Waals surface area contributed by atoms with Gasteiger partial charge in [-0.2, -0.15) is 0 Å². The van der Waals surface area contributed by atoms with Crippen LogP contribution in [-0.2, 0) is 13.1 Å². The SMILES string of the molecule is CNCc1cc(N(C)Cc2ccccn2)ncc1Cl. The number of pyridine rings is 2. The number of rotatable bonds is 5. The van der Waals surface area contributed by atoms with Crippen molar-refractivity contribution in [1.29, 1.82) is 0 Å². The molecule has 0 aliphatic carbocycles. The van der Waals surface area contributed by atoms with Gasteiger partial charge in [0.2, 0.25) is 0 Å². The molecule has 0 amide bonds. The number of nitrogens with one attached hydrogen (secondary N) is 1. The van der Waals surface area contributed by atoms with Gasteiger partial charge in [-0.1, -0.05) is 17.7 Å². The second-order valence-electron chi connectivity index (χ2n) is 4.34. The molecule has 0 aliphatic heterocycles. The van der Waals surface area contributed by atoms with Gasteiger partial charge in [0, 0.05) is 26.0 Å². The van der Waals surface area contributed by atoms with Crippen molar-refractivity contribution < 1.29 is 0 Å². The predicted octanol–water partition coefficient (Wildman–Crippen LogP) is 2.49. The summed E-state index contributed by atoms with van der Waals surface area (Å²) in [7, 11) is 3.89. The van der Waals surface area contributed by atoms with Crippen LogP contribution in [0, 0.1) is 0 Å². The average molecular weight is 277 g/mol. The van der Waals surface area contributed by atoms with E-state index in [1.54, 1.807) is 12.4 Å². The van der Waals surface area contributed by atoms with E-state index in [0.29, 0.717) is 11.6 Å². The van der Waals surface area contributed by atoms with E-state index in [1.807, 2.05) is 38.4 Å². The first kappa shape index (κ1) is 13.8. The Labute approximate surface area is 118 Å². The number of hydrogen-bond donors (Lipinski definition) is 1. The smallest absolute Gasteiger partial charge is 0.128 e. The molecule has 0 saturated heterocycles. The van der Waals surface area contributed by atoms with Gasteiger partial charge in [-0.25, -0.2) is 4.98 Å². The molecule has 2 aromatic rings. The lowest BCUT2D eigenvalue weighted by Crippen LogP contribution is -2.19. The van der Waals surface area contributed by atoms with Crippen LogP contribution < -0.4 is 10.2 Å². The van der Waals surface area contributed by atoms with Crippen molar-refractivity contribution >= 4 is 17.4 Å². The molecule has 5 heteroatoms. The van der Waals surface area contributed by atoms with Crippen molar-refractivity contribution in [2.75, 3.05) is 19.0 Å². The molecule has 0 bridgehead atoms. The van der Waals surface area contributed by atoms with Crippen LogP contribution in [0.25, 0.3) is 0 Å². The van der Waals surface area contributed by atoms with Crippen LogP contribution in [0.5, 0.6) is 0 Å². The summed E-state index contributed by atoms with van der Waals surface area (Å²) in [5, 5.41) is 3.78. The molecule has 0 saturated carbocycles. The lowest BCUT2D eigenvalue weighted by atomic mass is 10.2. The standard InChI is InChI=1S/C14H17ClN4/c1-16-8-11-7-14(18-9-13(11)15)19(2)10-12-5-3-4-6-17-12/h3-7,9,16H,8,10H2,1-2H3. The van der Waals surface area contributed by atoms with E-state index in [9.17, 15) is 0 Å². The number of hydrogen-bond acceptors (Lipinski definition) is 4. The summed E-state index contributed by atoms with van der Waals surface area (Å²) in [6, 6.07) is 7.90. The van der Waals surface area contributed by atoms with Crippen LogP contribution in [0.15, 0.2) is 36.7 Å². The molecule has 4 nitrogen and oxygen atoms in total. The van der Waals surface area contributed by atoms with E-state index >= 15 is 0 Å². The van der Waals surface area contributed by atoms with Crippen molar-refractivity contribution in [3.8, 4) is 0 Å². The number of nitrogens with zero attached hydrogens (tertiary/aromatic N) is 3. The van der Waals surface area contributed by atoms with Gasteiger partial charge in [-0.3, -0.25) is 4.98 Å². The molecule has 0 atom stereocenters. The first-order valence-electron chi connectivity index (χ1n) is 6.11. The van der Waals surface area contributed by atoms with E-state index in [1.165, 1.54) is 0 Å². The van der Waals surface area contributed by atoms with Crippen LogP contribution in [0.1, 0.15) is 11.3 Å². The van der Waals surface area contributed by atoms with Gasteiger partial charge in [-0.15, -0.1) is 0 Å². The molecule has 2 rings (SSSR count). The van der Waals surface area contributed by atoms with E-state index in [-0.39, 0.29) is 0 Å². The summed E-state index contributed by atoms with van der Waals surface area (Å²) in [4.78, 5) is 10.7.